The van der Waals surface area contributed by atoms with Crippen molar-refractivity contribution in [1.29, 1.82) is 0 Å². The molecule has 1 atom stereocenters. The van der Waals surface area contributed by atoms with E-state index >= 15 is 0 Å². The van der Waals surface area contributed by atoms with Gasteiger partial charge in [-0.2, -0.15) is 0 Å². The third-order valence-corrected chi connectivity index (χ3v) is 1.55. The Kier molecular flexibility index (Phi) is 7.57. The third kappa shape index (κ3) is 7.70. The Bertz CT molecular complexity index is 140. The van der Waals surface area contributed by atoms with E-state index < -0.39 is 12.0 Å². The van der Waals surface area contributed by atoms with Gasteiger partial charge in [-0.25, -0.2) is 0 Å². The maximum atomic E-state index is 10.3. The number of aliphatic carboxylic acids is 1. The van der Waals surface area contributed by atoms with Crippen molar-refractivity contribution >= 4 is 5.97 Å². The van der Waals surface area contributed by atoms with Crippen LogP contribution in [0.5, 0.6) is 0 Å². The summed E-state index contributed by atoms with van der Waals surface area (Å²) in [7, 11) is 1.60. The highest BCUT2D eigenvalue weighted by Gasteiger charge is 2.09. The second-order valence-corrected chi connectivity index (χ2v) is 2.69. The summed E-state index contributed by atoms with van der Waals surface area (Å²) in [5, 5.41) is 8.44. The minimum atomic E-state index is -0.961. The van der Waals surface area contributed by atoms with Crippen molar-refractivity contribution in [2.24, 2.45) is 5.73 Å². The number of carboxylic acids is 1. The van der Waals surface area contributed by atoms with E-state index in [0.29, 0.717) is 32.7 Å². The lowest BCUT2D eigenvalue weighted by molar-refractivity contribution is -0.138. The van der Waals surface area contributed by atoms with Gasteiger partial charge >= 0.3 is 5.97 Å². The van der Waals surface area contributed by atoms with Crippen LogP contribution in [0.1, 0.15) is 12.8 Å². The maximum absolute atomic E-state index is 10.3. The van der Waals surface area contributed by atoms with Crippen LogP contribution < -0.4 is 5.73 Å². The van der Waals surface area contributed by atoms with Crippen LogP contribution in [0.2, 0.25) is 0 Å². The Morgan fingerprint density at radius 1 is 1.46 bits per heavy atom. The SMILES string of the molecule is COCCOCCCC(N)C(=O)O. The number of methoxy groups -OCH3 is 1. The van der Waals surface area contributed by atoms with E-state index in [-0.39, 0.29) is 0 Å². The van der Waals surface area contributed by atoms with Gasteiger partial charge in [-0.05, 0) is 12.8 Å². The monoisotopic (exact) mass is 191 g/mol. The second kappa shape index (κ2) is 7.97. The molecule has 0 saturated carbocycles. The Morgan fingerprint density at radius 2 is 2.15 bits per heavy atom. The highest BCUT2D eigenvalue weighted by atomic mass is 16.5. The molecule has 0 fully saturated rings. The number of rotatable bonds is 8. The van der Waals surface area contributed by atoms with Gasteiger partial charge in [0.15, 0.2) is 0 Å². The minimum Gasteiger partial charge on any atom is -0.480 e. The Hall–Kier alpha value is -0.650. The van der Waals surface area contributed by atoms with E-state index in [4.69, 9.17) is 20.3 Å². The minimum absolute atomic E-state index is 0.447. The lowest BCUT2D eigenvalue weighted by atomic mass is 10.2. The molecule has 0 saturated heterocycles. The van der Waals surface area contributed by atoms with Crippen molar-refractivity contribution in [2.45, 2.75) is 18.9 Å². The topological polar surface area (TPSA) is 81.8 Å². The van der Waals surface area contributed by atoms with Gasteiger partial charge in [0.25, 0.3) is 0 Å². The van der Waals surface area contributed by atoms with Crippen molar-refractivity contribution < 1.29 is 19.4 Å². The molecule has 3 N–H and O–H groups in total. The number of carboxylic acid groups (broad SMARTS) is 1. The van der Waals surface area contributed by atoms with Crippen LogP contribution >= 0.6 is 0 Å². The summed E-state index contributed by atoms with van der Waals surface area (Å²) < 4.78 is 9.89. The highest BCUT2D eigenvalue weighted by molar-refractivity contribution is 5.72. The maximum Gasteiger partial charge on any atom is 0.320 e. The molecule has 0 heterocycles. The summed E-state index contributed by atoms with van der Waals surface area (Å²) in [5.74, 6) is -0.961. The van der Waals surface area contributed by atoms with Gasteiger partial charge in [-0.3, -0.25) is 4.79 Å². The average molecular weight is 191 g/mol. The quantitative estimate of drug-likeness (QED) is 0.521. The molecule has 13 heavy (non-hydrogen) atoms. The van der Waals surface area contributed by atoms with Crippen molar-refractivity contribution in [2.75, 3.05) is 26.9 Å². The first-order valence-corrected chi connectivity index (χ1v) is 4.23. The summed E-state index contributed by atoms with van der Waals surface area (Å²) in [6, 6.07) is -0.772. The number of carbonyl (C=O) groups is 1. The average Bonchev–Trinajstić information content (AvgIpc) is 2.10. The molecular formula is C8H17NO4. The zero-order valence-corrected chi connectivity index (χ0v) is 7.86. The van der Waals surface area contributed by atoms with Gasteiger partial charge < -0.3 is 20.3 Å². The van der Waals surface area contributed by atoms with Gasteiger partial charge in [0.2, 0.25) is 0 Å². The molecule has 5 heteroatoms. The number of hydrogen-bond acceptors (Lipinski definition) is 4. The van der Waals surface area contributed by atoms with E-state index in [9.17, 15) is 4.79 Å². The lowest BCUT2D eigenvalue weighted by Crippen LogP contribution is -2.30. The lowest BCUT2D eigenvalue weighted by Gasteiger charge is -2.06. The van der Waals surface area contributed by atoms with Crippen molar-refractivity contribution in [1.82, 2.24) is 0 Å². The van der Waals surface area contributed by atoms with Crippen LogP contribution in [0.4, 0.5) is 0 Å². The summed E-state index contributed by atoms with van der Waals surface area (Å²) in [6.45, 7) is 1.63. The van der Waals surface area contributed by atoms with Crippen LogP contribution in [-0.4, -0.2) is 44.0 Å². The standard InChI is InChI=1S/C8H17NO4/c1-12-5-6-13-4-2-3-7(9)8(10)11/h7H,2-6,9H2,1H3,(H,10,11). The van der Waals surface area contributed by atoms with Crippen LogP contribution in [0, 0.1) is 0 Å². The molecule has 0 bridgehead atoms. The molecule has 0 amide bonds. The molecule has 0 aliphatic heterocycles. The smallest absolute Gasteiger partial charge is 0.320 e. The van der Waals surface area contributed by atoms with Crippen molar-refractivity contribution in [3.05, 3.63) is 0 Å². The zero-order valence-electron chi connectivity index (χ0n) is 7.86. The molecule has 0 aromatic heterocycles. The first kappa shape index (κ1) is 12.3. The predicted octanol–water partition coefficient (Wildman–Crippen LogP) is -0.158. The molecule has 0 radical (unpaired) electrons. The van der Waals surface area contributed by atoms with Gasteiger partial charge in [-0.1, -0.05) is 0 Å². The predicted molar refractivity (Wildman–Crippen MR) is 47.5 cm³/mol. The molecule has 0 spiro atoms. The fourth-order valence-corrected chi connectivity index (χ4v) is 0.773. The molecule has 0 rings (SSSR count). The molecular weight excluding hydrogens is 174 g/mol. The van der Waals surface area contributed by atoms with Gasteiger partial charge in [0.1, 0.15) is 6.04 Å². The van der Waals surface area contributed by atoms with Crippen molar-refractivity contribution in [3.63, 3.8) is 0 Å². The zero-order chi connectivity index (χ0) is 10.1. The number of hydrogen-bond donors (Lipinski definition) is 2. The third-order valence-electron chi connectivity index (χ3n) is 1.55. The first-order valence-electron chi connectivity index (χ1n) is 4.23. The van der Waals surface area contributed by atoms with E-state index in [0.717, 1.165) is 0 Å². The van der Waals surface area contributed by atoms with Crippen molar-refractivity contribution in [3.8, 4) is 0 Å². The summed E-state index contributed by atoms with van der Waals surface area (Å²) in [6.07, 6.45) is 1.11. The Labute approximate surface area is 77.8 Å². The van der Waals surface area contributed by atoms with Crippen LogP contribution in [0.15, 0.2) is 0 Å². The van der Waals surface area contributed by atoms with Gasteiger partial charge in [-0.15, -0.1) is 0 Å². The van der Waals surface area contributed by atoms with E-state index in [1.807, 2.05) is 0 Å². The highest BCUT2D eigenvalue weighted by Crippen LogP contribution is 1.95. The second-order valence-electron chi connectivity index (χ2n) is 2.69. The molecule has 0 aromatic rings. The fourth-order valence-electron chi connectivity index (χ4n) is 0.773. The molecule has 1 unspecified atom stereocenters. The molecule has 0 aromatic carbocycles. The molecule has 0 aliphatic rings. The molecule has 78 valence electrons. The van der Waals surface area contributed by atoms with Crippen LogP contribution in [-0.2, 0) is 14.3 Å². The number of nitrogens with two attached hydrogens (primary N) is 1. The summed E-state index contributed by atoms with van der Waals surface area (Å²) >= 11 is 0. The van der Waals surface area contributed by atoms with Gasteiger partial charge in [0.05, 0.1) is 13.2 Å². The molecule has 0 aliphatic carbocycles. The largest absolute Gasteiger partial charge is 0.480 e. The van der Waals surface area contributed by atoms with E-state index in [2.05, 4.69) is 0 Å². The fraction of sp³-hybridized carbons (Fsp3) is 0.875. The van der Waals surface area contributed by atoms with E-state index in [1.165, 1.54) is 0 Å². The van der Waals surface area contributed by atoms with Gasteiger partial charge in [0, 0.05) is 13.7 Å². The normalized spacial score (nSPS) is 12.8. The number of ether oxygens (including phenoxy) is 2. The Morgan fingerprint density at radius 3 is 2.69 bits per heavy atom. The van der Waals surface area contributed by atoms with Crippen LogP contribution in [0.3, 0.4) is 0 Å². The van der Waals surface area contributed by atoms with E-state index in [1.54, 1.807) is 7.11 Å². The molecule has 5 nitrogen and oxygen atoms in total. The summed E-state index contributed by atoms with van der Waals surface area (Å²) in [4.78, 5) is 10.3. The Balaban J connectivity index is 3.11. The first-order chi connectivity index (χ1) is 6.18. The van der Waals surface area contributed by atoms with Crippen LogP contribution in [0.25, 0.3) is 0 Å². The summed E-state index contributed by atoms with van der Waals surface area (Å²) in [5.41, 5.74) is 5.28.